The fourth-order valence-electron chi connectivity index (χ4n) is 3.60. The van der Waals surface area contributed by atoms with Gasteiger partial charge in [0.2, 0.25) is 0 Å². The Morgan fingerprint density at radius 3 is 2.74 bits per heavy atom. The van der Waals surface area contributed by atoms with Gasteiger partial charge in [0, 0.05) is 23.4 Å². The molecule has 2 heterocycles. The van der Waals surface area contributed by atoms with Crippen molar-refractivity contribution >= 4 is 23.4 Å². The fourth-order valence-corrected chi connectivity index (χ4v) is 4.53. The van der Waals surface area contributed by atoms with E-state index in [0.29, 0.717) is 30.7 Å². The van der Waals surface area contributed by atoms with Gasteiger partial charge in [-0.05, 0) is 38.8 Å². The second-order valence-electron chi connectivity index (χ2n) is 8.31. The summed E-state index contributed by atoms with van der Waals surface area (Å²) in [5.41, 5.74) is -0.278. The molecular formula is C25H29F2NO5S. The lowest BCUT2D eigenvalue weighted by molar-refractivity contribution is -0.0930. The Kier molecular flexibility index (Phi) is 8.79. The van der Waals surface area contributed by atoms with Gasteiger partial charge < -0.3 is 19.5 Å². The normalized spacial score (nSPS) is 17.8. The third-order valence-electron chi connectivity index (χ3n) is 5.35. The molecule has 6 nitrogen and oxygen atoms in total. The number of halogens is 2. The van der Waals surface area contributed by atoms with E-state index >= 15 is 0 Å². The van der Waals surface area contributed by atoms with Crippen LogP contribution in [0.5, 0.6) is 0 Å². The molecule has 0 bridgehead atoms. The molecule has 1 N–H and O–H groups in total. The summed E-state index contributed by atoms with van der Waals surface area (Å²) < 4.78 is 39.4. The number of ether oxygens (including phenoxy) is 2. The van der Waals surface area contributed by atoms with Crippen LogP contribution in [-0.2, 0) is 21.8 Å². The minimum atomic E-state index is -3.45. The number of amides is 1. The van der Waals surface area contributed by atoms with Crippen LogP contribution < -0.4 is 0 Å². The van der Waals surface area contributed by atoms with Gasteiger partial charge >= 0.3 is 18.0 Å². The molecule has 0 saturated carbocycles. The van der Waals surface area contributed by atoms with Crippen molar-refractivity contribution in [2.75, 3.05) is 13.2 Å². The average Bonchev–Trinajstić information content (AvgIpc) is 3.28. The minimum absolute atomic E-state index is 0.182. The van der Waals surface area contributed by atoms with Crippen LogP contribution in [0.3, 0.4) is 0 Å². The van der Waals surface area contributed by atoms with E-state index in [0.717, 1.165) is 11.0 Å². The summed E-state index contributed by atoms with van der Waals surface area (Å²) in [6.07, 6.45) is 1.44. The Morgan fingerprint density at radius 2 is 2.03 bits per heavy atom. The topological polar surface area (TPSA) is 76.1 Å². The van der Waals surface area contributed by atoms with Crippen LogP contribution >= 0.6 is 11.3 Å². The Balaban J connectivity index is 1.58. The monoisotopic (exact) mass is 493 g/mol. The van der Waals surface area contributed by atoms with E-state index in [4.69, 9.17) is 9.47 Å². The molecule has 1 fully saturated rings. The smallest absolute Gasteiger partial charge is 0.410 e. The summed E-state index contributed by atoms with van der Waals surface area (Å²) in [5.74, 6) is -3.81. The second kappa shape index (κ2) is 11.6. The van der Waals surface area contributed by atoms with Crippen LogP contribution in [0.2, 0.25) is 0 Å². The molecule has 1 amide bonds. The van der Waals surface area contributed by atoms with E-state index in [-0.39, 0.29) is 24.2 Å². The molecule has 1 saturated heterocycles. The minimum Gasteiger partial charge on any atom is -0.459 e. The second-order valence-corrected chi connectivity index (χ2v) is 9.47. The van der Waals surface area contributed by atoms with E-state index < -0.39 is 24.2 Å². The summed E-state index contributed by atoms with van der Waals surface area (Å²) in [6, 6.07) is 10.3. The van der Waals surface area contributed by atoms with Gasteiger partial charge in [-0.3, -0.25) is 0 Å². The van der Waals surface area contributed by atoms with Gasteiger partial charge in [-0.15, -0.1) is 11.3 Å². The van der Waals surface area contributed by atoms with E-state index in [9.17, 15) is 23.5 Å². The quantitative estimate of drug-likeness (QED) is 0.365. The van der Waals surface area contributed by atoms with E-state index in [1.807, 2.05) is 6.07 Å². The summed E-state index contributed by atoms with van der Waals surface area (Å²) in [4.78, 5) is 27.3. The fraction of sp³-hybridized carbons (Fsp3) is 0.440. The number of nitrogens with zero attached hydrogens (tertiary/aromatic N) is 1. The molecule has 34 heavy (non-hydrogen) atoms. The van der Waals surface area contributed by atoms with Crippen LogP contribution in [0, 0.1) is 0 Å². The van der Waals surface area contributed by atoms with Crippen molar-refractivity contribution in [3.8, 4) is 0 Å². The number of aliphatic hydroxyl groups is 1. The predicted octanol–water partition coefficient (Wildman–Crippen LogP) is 5.17. The maximum Gasteiger partial charge on any atom is 0.410 e. The number of rotatable bonds is 10. The number of alkyl halides is 2. The first kappa shape index (κ1) is 25.8. The van der Waals surface area contributed by atoms with Crippen LogP contribution in [-0.4, -0.2) is 53.5 Å². The van der Waals surface area contributed by atoms with E-state index in [1.54, 1.807) is 26.0 Å². The first-order valence-corrected chi connectivity index (χ1v) is 12.0. The number of carbonyl (C=O) groups is 2. The van der Waals surface area contributed by atoms with Crippen LogP contribution in [0.4, 0.5) is 13.6 Å². The number of hydrogen-bond donors (Lipinski definition) is 1. The highest BCUT2D eigenvalue weighted by Gasteiger charge is 2.39. The van der Waals surface area contributed by atoms with Gasteiger partial charge in [-0.2, -0.15) is 8.78 Å². The molecule has 1 aromatic heterocycles. The van der Waals surface area contributed by atoms with Crippen molar-refractivity contribution in [1.82, 2.24) is 4.90 Å². The highest BCUT2D eigenvalue weighted by Crippen LogP contribution is 2.32. The SMILES string of the molecule is CC(C)OC(=O)c1ccc(CCCN2C(=O)OCC[C@@H]2C=C[C@@H](O)C(F)(F)c2ccccc2)s1. The lowest BCUT2D eigenvalue weighted by atomic mass is 10.0. The summed E-state index contributed by atoms with van der Waals surface area (Å²) in [7, 11) is 0. The van der Waals surface area contributed by atoms with Crippen molar-refractivity contribution < 1.29 is 33.0 Å². The molecule has 0 spiro atoms. The number of esters is 1. The zero-order chi connectivity index (χ0) is 24.7. The molecule has 1 aliphatic heterocycles. The number of aryl methyl sites for hydroxylation is 1. The average molecular weight is 494 g/mol. The van der Waals surface area contributed by atoms with Crippen LogP contribution in [0.25, 0.3) is 0 Å². The van der Waals surface area contributed by atoms with E-state index in [2.05, 4.69) is 0 Å². The maximum absolute atomic E-state index is 14.6. The first-order chi connectivity index (χ1) is 16.2. The van der Waals surface area contributed by atoms with Gasteiger partial charge in [0.15, 0.2) is 0 Å². The number of thiophene rings is 1. The predicted molar refractivity (Wildman–Crippen MR) is 125 cm³/mol. The van der Waals surface area contributed by atoms with Crippen molar-refractivity contribution in [1.29, 1.82) is 0 Å². The van der Waals surface area contributed by atoms with Gasteiger partial charge in [-0.1, -0.05) is 42.5 Å². The van der Waals surface area contributed by atoms with Gasteiger partial charge in [0.05, 0.1) is 18.8 Å². The zero-order valence-electron chi connectivity index (χ0n) is 19.2. The molecule has 0 unspecified atom stereocenters. The summed E-state index contributed by atoms with van der Waals surface area (Å²) in [6.45, 7) is 4.11. The Bertz CT molecular complexity index is 992. The molecule has 3 rings (SSSR count). The Hall–Kier alpha value is -2.78. The molecule has 184 valence electrons. The van der Waals surface area contributed by atoms with E-state index in [1.165, 1.54) is 46.6 Å². The third-order valence-corrected chi connectivity index (χ3v) is 6.47. The molecule has 2 aromatic rings. The van der Waals surface area contributed by atoms with Crippen LogP contribution in [0.15, 0.2) is 54.6 Å². The molecule has 0 aliphatic carbocycles. The lowest BCUT2D eigenvalue weighted by Crippen LogP contribution is -2.45. The zero-order valence-corrected chi connectivity index (χ0v) is 20.0. The van der Waals surface area contributed by atoms with Gasteiger partial charge in [0.1, 0.15) is 11.0 Å². The largest absolute Gasteiger partial charge is 0.459 e. The van der Waals surface area contributed by atoms with Gasteiger partial charge in [-0.25, -0.2) is 9.59 Å². The van der Waals surface area contributed by atoms with Gasteiger partial charge in [0.25, 0.3) is 0 Å². The number of aliphatic hydroxyl groups excluding tert-OH is 1. The van der Waals surface area contributed by atoms with Crippen molar-refractivity contribution in [2.24, 2.45) is 0 Å². The van der Waals surface area contributed by atoms with Crippen molar-refractivity contribution in [3.63, 3.8) is 0 Å². The molecular weight excluding hydrogens is 464 g/mol. The summed E-state index contributed by atoms with van der Waals surface area (Å²) in [5, 5.41) is 10.1. The molecule has 0 radical (unpaired) electrons. The Morgan fingerprint density at radius 1 is 1.29 bits per heavy atom. The molecule has 1 aromatic carbocycles. The van der Waals surface area contributed by atoms with Crippen LogP contribution in [0.1, 0.15) is 46.8 Å². The number of carbonyl (C=O) groups excluding carboxylic acids is 2. The van der Waals surface area contributed by atoms with Crippen molar-refractivity contribution in [2.45, 2.75) is 57.3 Å². The first-order valence-electron chi connectivity index (χ1n) is 11.2. The maximum atomic E-state index is 14.6. The highest BCUT2D eigenvalue weighted by atomic mass is 32.1. The Labute approximate surface area is 201 Å². The lowest BCUT2D eigenvalue weighted by Gasteiger charge is -2.33. The van der Waals surface area contributed by atoms with Crippen molar-refractivity contribution in [3.05, 3.63) is 69.9 Å². The number of benzene rings is 1. The summed E-state index contributed by atoms with van der Waals surface area (Å²) >= 11 is 1.35. The standard InChI is InChI=1S/C25H29F2NO5S/c1-17(2)33-23(30)21-12-11-20(34-21)9-6-15-28-19(14-16-32-24(28)31)10-13-22(29)25(26,27)18-7-4-3-5-8-18/h3-5,7-8,10-13,17,19,22,29H,6,9,14-16H2,1-2H3/t19-,22+/m0/s1. The highest BCUT2D eigenvalue weighted by molar-refractivity contribution is 7.13. The number of hydrogen-bond acceptors (Lipinski definition) is 6. The molecule has 9 heteroatoms. The third kappa shape index (κ3) is 6.64. The molecule has 2 atom stereocenters. The molecule has 1 aliphatic rings. The number of cyclic esters (lactones) is 1.